The van der Waals surface area contributed by atoms with Crippen molar-refractivity contribution in [3.8, 4) is 5.88 Å². The summed E-state index contributed by atoms with van der Waals surface area (Å²) in [7, 11) is 3.90. The first-order valence-electron chi connectivity index (χ1n) is 7.68. The quantitative estimate of drug-likeness (QED) is 0.687. The lowest BCUT2D eigenvalue weighted by Crippen LogP contribution is -2.34. The summed E-state index contributed by atoms with van der Waals surface area (Å²) in [5.74, 6) is 1.42. The summed E-state index contributed by atoms with van der Waals surface area (Å²) in [5.41, 5.74) is 0. The Kier molecular flexibility index (Phi) is 5.99. The van der Waals surface area contributed by atoms with E-state index in [1.165, 1.54) is 25.9 Å². The second kappa shape index (κ2) is 7.98. The summed E-state index contributed by atoms with van der Waals surface area (Å²) >= 11 is 0. The van der Waals surface area contributed by atoms with Gasteiger partial charge in [0.2, 0.25) is 5.88 Å². The summed E-state index contributed by atoms with van der Waals surface area (Å²) < 4.78 is 6.08. The van der Waals surface area contributed by atoms with Gasteiger partial charge in [-0.1, -0.05) is 6.08 Å². The Bertz CT molecular complexity index is 444. The Labute approximate surface area is 127 Å². The predicted molar refractivity (Wildman–Crippen MR) is 85.9 cm³/mol. The number of aromatic nitrogens is 2. The summed E-state index contributed by atoms with van der Waals surface area (Å²) in [6.07, 6.45) is 10.0. The second-order valence-electron chi connectivity index (χ2n) is 5.72. The number of ether oxygens (including phenoxy) is 1. The molecule has 2 heterocycles. The van der Waals surface area contributed by atoms with Crippen molar-refractivity contribution in [2.45, 2.75) is 31.8 Å². The van der Waals surface area contributed by atoms with E-state index in [-0.39, 0.29) is 6.10 Å². The Hall–Kier alpha value is -1.62. The number of likely N-dealkylation sites (tertiary alicyclic amines) is 1. The van der Waals surface area contributed by atoms with Gasteiger partial charge in [0.25, 0.3) is 0 Å². The Balaban J connectivity index is 1.98. The minimum atomic E-state index is 0.146. The van der Waals surface area contributed by atoms with E-state index in [2.05, 4.69) is 21.4 Å². The molecule has 0 aliphatic carbocycles. The maximum absolute atomic E-state index is 6.08. The van der Waals surface area contributed by atoms with Gasteiger partial charge in [-0.2, -0.15) is 4.98 Å². The van der Waals surface area contributed by atoms with E-state index in [4.69, 9.17) is 4.74 Å². The lowest BCUT2D eigenvalue weighted by molar-refractivity contribution is 0.134. The van der Waals surface area contributed by atoms with Gasteiger partial charge in [-0.05, 0) is 38.8 Å². The van der Waals surface area contributed by atoms with E-state index < -0.39 is 0 Å². The number of anilines is 1. The van der Waals surface area contributed by atoms with Gasteiger partial charge < -0.3 is 9.64 Å². The molecule has 0 N–H and O–H groups in total. The normalized spacial score (nSPS) is 16.7. The summed E-state index contributed by atoms with van der Waals surface area (Å²) in [6, 6.07) is 0. The van der Waals surface area contributed by atoms with Crippen molar-refractivity contribution in [1.82, 2.24) is 14.9 Å². The fourth-order valence-electron chi connectivity index (χ4n) is 2.53. The standard InChI is InChI=1S/C16H26N4O/c1-4-5-8-14(13-20-9-6-7-10-20)21-16-12-17-11-15(18-16)19(2)3/h4,11-12,14H,1,5-10,13H2,2-3H3. The fraction of sp³-hybridized carbons (Fsp3) is 0.625. The highest BCUT2D eigenvalue weighted by Crippen LogP contribution is 2.17. The lowest BCUT2D eigenvalue weighted by Gasteiger charge is -2.24. The Morgan fingerprint density at radius 1 is 1.38 bits per heavy atom. The molecule has 1 aromatic rings. The van der Waals surface area contributed by atoms with Crippen LogP contribution in [0.5, 0.6) is 5.88 Å². The molecule has 0 bridgehead atoms. The maximum Gasteiger partial charge on any atom is 0.234 e. The Morgan fingerprint density at radius 2 is 2.14 bits per heavy atom. The first-order valence-corrected chi connectivity index (χ1v) is 7.68. The third kappa shape index (κ3) is 5.01. The van der Waals surface area contributed by atoms with Crippen molar-refractivity contribution in [2.24, 2.45) is 0 Å². The fourth-order valence-corrected chi connectivity index (χ4v) is 2.53. The third-order valence-electron chi connectivity index (χ3n) is 3.70. The molecular formula is C16H26N4O. The van der Waals surface area contributed by atoms with Crippen molar-refractivity contribution < 1.29 is 4.74 Å². The van der Waals surface area contributed by atoms with E-state index in [0.29, 0.717) is 5.88 Å². The molecule has 5 nitrogen and oxygen atoms in total. The molecule has 116 valence electrons. The number of hydrogen-bond acceptors (Lipinski definition) is 5. The molecular weight excluding hydrogens is 264 g/mol. The van der Waals surface area contributed by atoms with Crippen LogP contribution in [0.15, 0.2) is 25.0 Å². The van der Waals surface area contributed by atoms with Crippen LogP contribution in [-0.4, -0.2) is 54.7 Å². The third-order valence-corrected chi connectivity index (χ3v) is 3.70. The topological polar surface area (TPSA) is 41.5 Å². The molecule has 0 aromatic carbocycles. The minimum absolute atomic E-state index is 0.146. The smallest absolute Gasteiger partial charge is 0.234 e. The van der Waals surface area contributed by atoms with Gasteiger partial charge in [-0.15, -0.1) is 6.58 Å². The van der Waals surface area contributed by atoms with Crippen molar-refractivity contribution in [3.05, 3.63) is 25.0 Å². The van der Waals surface area contributed by atoms with Crippen LogP contribution in [0, 0.1) is 0 Å². The zero-order valence-electron chi connectivity index (χ0n) is 13.2. The molecule has 2 rings (SSSR count). The highest BCUT2D eigenvalue weighted by molar-refractivity contribution is 5.34. The van der Waals surface area contributed by atoms with Crippen LogP contribution in [0.4, 0.5) is 5.82 Å². The largest absolute Gasteiger partial charge is 0.472 e. The molecule has 0 spiro atoms. The van der Waals surface area contributed by atoms with Gasteiger partial charge in [-0.3, -0.25) is 9.88 Å². The van der Waals surface area contributed by atoms with Gasteiger partial charge >= 0.3 is 0 Å². The monoisotopic (exact) mass is 290 g/mol. The molecule has 1 atom stereocenters. The van der Waals surface area contributed by atoms with Crippen molar-refractivity contribution >= 4 is 5.82 Å². The van der Waals surface area contributed by atoms with Crippen LogP contribution < -0.4 is 9.64 Å². The summed E-state index contributed by atoms with van der Waals surface area (Å²) in [5, 5.41) is 0. The van der Waals surface area contributed by atoms with Gasteiger partial charge in [0.05, 0.1) is 12.4 Å². The highest BCUT2D eigenvalue weighted by atomic mass is 16.5. The van der Waals surface area contributed by atoms with Gasteiger partial charge in [0, 0.05) is 20.6 Å². The van der Waals surface area contributed by atoms with Gasteiger partial charge in [0.1, 0.15) is 6.10 Å². The zero-order chi connectivity index (χ0) is 15.1. The molecule has 0 radical (unpaired) electrons. The highest BCUT2D eigenvalue weighted by Gasteiger charge is 2.19. The number of allylic oxidation sites excluding steroid dienone is 1. The number of rotatable bonds is 8. The summed E-state index contributed by atoms with van der Waals surface area (Å²) in [6.45, 7) is 7.12. The molecule has 1 aliphatic heterocycles. The predicted octanol–water partition coefficient (Wildman–Crippen LogP) is 2.35. The van der Waals surface area contributed by atoms with Crippen molar-refractivity contribution in [2.75, 3.05) is 38.6 Å². The molecule has 1 fully saturated rings. The molecule has 1 aromatic heterocycles. The second-order valence-corrected chi connectivity index (χ2v) is 5.72. The lowest BCUT2D eigenvalue weighted by atomic mass is 10.2. The minimum Gasteiger partial charge on any atom is -0.472 e. The molecule has 21 heavy (non-hydrogen) atoms. The van der Waals surface area contributed by atoms with E-state index in [9.17, 15) is 0 Å². The molecule has 0 amide bonds. The van der Waals surface area contributed by atoms with Gasteiger partial charge in [0.15, 0.2) is 5.82 Å². The van der Waals surface area contributed by atoms with Gasteiger partial charge in [-0.25, -0.2) is 0 Å². The van der Waals surface area contributed by atoms with E-state index in [0.717, 1.165) is 25.2 Å². The van der Waals surface area contributed by atoms with Crippen LogP contribution in [0.25, 0.3) is 0 Å². The molecule has 1 saturated heterocycles. The average molecular weight is 290 g/mol. The number of nitrogens with zero attached hydrogens (tertiary/aromatic N) is 4. The molecule has 1 aliphatic rings. The molecule has 1 unspecified atom stereocenters. The Morgan fingerprint density at radius 3 is 2.81 bits per heavy atom. The molecule has 5 heteroatoms. The number of hydrogen-bond donors (Lipinski definition) is 0. The zero-order valence-corrected chi connectivity index (χ0v) is 13.2. The van der Waals surface area contributed by atoms with E-state index in [1.54, 1.807) is 12.4 Å². The van der Waals surface area contributed by atoms with Crippen LogP contribution in [0.1, 0.15) is 25.7 Å². The molecule has 0 saturated carbocycles. The van der Waals surface area contributed by atoms with Crippen LogP contribution >= 0.6 is 0 Å². The average Bonchev–Trinajstić information content (AvgIpc) is 2.98. The van der Waals surface area contributed by atoms with Crippen molar-refractivity contribution in [1.29, 1.82) is 0 Å². The van der Waals surface area contributed by atoms with Crippen LogP contribution in [-0.2, 0) is 0 Å². The van der Waals surface area contributed by atoms with E-state index in [1.807, 2.05) is 25.1 Å². The maximum atomic E-state index is 6.08. The summed E-state index contributed by atoms with van der Waals surface area (Å²) in [4.78, 5) is 13.1. The van der Waals surface area contributed by atoms with E-state index >= 15 is 0 Å². The first kappa shape index (κ1) is 15.8. The van der Waals surface area contributed by atoms with Crippen LogP contribution in [0.2, 0.25) is 0 Å². The first-order chi connectivity index (χ1) is 10.2. The van der Waals surface area contributed by atoms with Crippen LogP contribution in [0.3, 0.4) is 0 Å². The SMILES string of the molecule is C=CCCC(CN1CCCC1)Oc1cncc(N(C)C)n1. The van der Waals surface area contributed by atoms with Crippen molar-refractivity contribution in [3.63, 3.8) is 0 Å².